The van der Waals surface area contributed by atoms with E-state index in [0.717, 1.165) is 0 Å². The van der Waals surface area contributed by atoms with Gasteiger partial charge < -0.3 is 13.5 Å². The van der Waals surface area contributed by atoms with Crippen LogP contribution < -0.4 is 0 Å². The Morgan fingerprint density at radius 2 is 0.400 bits per heavy atom. The van der Waals surface area contributed by atoms with Gasteiger partial charge in [0.2, 0.25) is 0 Å². The van der Waals surface area contributed by atoms with Crippen LogP contribution in [0.2, 0.25) is 0 Å². The molecule has 0 aliphatic carbocycles. The van der Waals surface area contributed by atoms with Gasteiger partial charge in [-0.1, -0.05) is 0 Å². The Hall–Kier alpha value is 4.30. The Balaban J connectivity index is 0. The molecule has 32 valence electrons. The monoisotopic (exact) mass is 985 g/mol. The molecule has 0 aliphatic rings. The Labute approximate surface area is 127 Å². The first-order chi connectivity index (χ1) is 0. The molecule has 0 atom stereocenters. The quantitative estimate of drug-likeness (QED) is 0.239. The molecule has 0 saturated heterocycles. The average molecular weight is 1010 g/mol. The van der Waals surface area contributed by atoms with Crippen LogP contribution in [0, 0.1) is 117 Å². The van der Waals surface area contributed by atoms with Gasteiger partial charge in [0.25, 0.3) is 0 Å². The zero-order valence-electron chi connectivity index (χ0n) is 2.08. The molecule has 0 unspecified atom stereocenters. The van der Waals surface area contributed by atoms with Crippen LogP contribution in [0.5, 0.6) is 0 Å². The molecule has 0 heterocycles. The van der Waals surface area contributed by atoms with Gasteiger partial charge in [-0.05, 0) is 0 Å². The van der Waals surface area contributed by atoms with E-state index in [1.54, 1.807) is 0 Å². The van der Waals surface area contributed by atoms with Crippen molar-refractivity contribution in [2.24, 2.45) is 0 Å². The first kappa shape index (κ1) is 34.7. The average Bonchev–Trinajstić information content (AvgIpc) is 0. The Kier molecular flexibility index (Phi) is 166. The topological polar surface area (TPSA) is 0 Å². The van der Waals surface area contributed by atoms with Gasteiger partial charge in [-0.2, -0.15) is 0 Å². The molecule has 0 nitrogen and oxygen atoms in total. The molecule has 0 amide bonds. The van der Waals surface area contributed by atoms with Gasteiger partial charge in [0, 0.05) is 117 Å². The summed E-state index contributed by atoms with van der Waals surface area (Å²) in [4.78, 5) is 0. The largest absolute Gasteiger partial charge is 0.813 e. The summed E-state index contributed by atoms with van der Waals surface area (Å²) in [7, 11) is 0. The summed E-state index contributed by atoms with van der Waals surface area (Å²) in [6, 6.07) is 0. The predicted molar refractivity (Wildman–Crippen MR) is 8.76 cm³/mol. The van der Waals surface area contributed by atoms with Gasteiger partial charge in [-0.25, -0.2) is 0 Å². The summed E-state index contributed by atoms with van der Waals surface area (Å²) in [6.45, 7) is 0. The third kappa shape index (κ3) is 17.8. The Morgan fingerprint density at radius 1 is 0.400 bits per heavy atom. The van der Waals surface area contributed by atoms with Gasteiger partial charge in [0.05, 0.1) is 0 Å². The number of rotatable bonds is 0. The van der Waals surface area contributed by atoms with E-state index in [2.05, 4.69) is 0 Å². The smallest absolute Gasteiger partial charge is 0 e. The molecule has 0 fully saturated rings. The molecule has 5 heteroatoms. The van der Waals surface area contributed by atoms with Crippen molar-refractivity contribution in [2.75, 3.05) is 0 Å². The molecule has 0 bridgehead atoms. The molecule has 0 rings (SSSR count). The van der Waals surface area contributed by atoms with E-state index >= 15 is 0 Å². The fraction of sp³-hybridized carbons (Fsp3) is 0. The van der Waals surface area contributed by atoms with Crippen LogP contribution in [0.25, 0.3) is 0 Å². The maximum Gasteiger partial charge on any atom is 0 e. The van der Waals surface area contributed by atoms with Crippen LogP contribution in [0.15, 0.2) is 0 Å². The van der Waals surface area contributed by atoms with Gasteiger partial charge >= 0.3 is 0 Å². The van der Waals surface area contributed by atoms with Crippen LogP contribution in [-0.4, -0.2) is 0 Å². The molecule has 0 aromatic carbocycles. The minimum atomic E-state index is 0. The first-order valence-electron chi connectivity index (χ1n) is 0. The van der Waals surface area contributed by atoms with Crippen molar-refractivity contribution < 1.29 is 117 Å². The second-order valence-corrected chi connectivity index (χ2v) is 0. The van der Waals surface area contributed by atoms with E-state index in [9.17, 15) is 0 Å². The molecule has 5 heavy (non-hydrogen) atoms. The van der Waals surface area contributed by atoms with Crippen LogP contribution in [0.4, 0.5) is 0 Å². The third-order valence-corrected chi connectivity index (χ3v) is 0. The second-order valence-electron chi connectivity index (χ2n) is 0. The Bertz CT molecular complexity index is 3.61. The molecular formula is HPu4S-. The molecule has 0 spiro atoms. The normalized spacial score (nSPS) is 0. The Morgan fingerprint density at radius 3 is 0.400 bits per heavy atom. The maximum absolute atomic E-state index is 0. The van der Waals surface area contributed by atoms with E-state index in [-0.39, 0.29) is 130 Å². The van der Waals surface area contributed by atoms with E-state index in [0.29, 0.717) is 0 Å². The maximum atomic E-state index is 0. The van der Waals surface area contributed by atoms with Gasteiger partial charge in [-0.15, -0.1) is 0 Å². The van der Waals surface area contributed by atoms with Crippen LogP contribution in [0.3, 0.4) is 0 Å². The summed E-state index contributed by atoms with van der Waals surface area (Å²) in [6.07, 6.45) is 0. The summed E-state index contributed by atoms with van der Waals surface area (Å²) in [5, 5.41) is 0. The zero-order chi connectivity index (χ0) is 0. The van der Waals surface area contributed by atoms with Gasteiger partial charge in [0.15, 0.2) is 0 Å². The summed E-state index contributed by atoms with van der Waals surface area (Å²) in [5.74, 6) is 0. The van der Waals surface area contributed by atoms with Gasteiger partial charge in [0.1, 0.15) is 0 Å². The van der Waals surface area contributed by atoms with Crippen molar-refractivity contribution in [3.8, 4) is 0 Å². The molecule has 0 aliphatic heterocycles. The molecule has 0 aromatic heterocycles. The fourth-order valence-corrected chi connectivity index (χ4v) is 0. The van der Waals surface area contributed by atoms with Crippen LogP contribution in [0.1, 0.15) is 0 Å². The standard InChI is InChI=1S/4Pu.H2S/h;;;;1H2/p-1. The SMILES string of the molecule is [Pu].[Pu].[Pu].[Pu].[SH-]. The number of hydrogen-bond acceptors (Lipinski definition) is 1. The van der Waals surface area contributed by atoms with E-state index in [4.69, 9.17) is 0 Å². The predicted octanol–water partition coefficient (Wildman–Crippen LogP) is -0.270. The van der Waals surface area contributed by atoms with Crippen molar-refractivity contribution >= 4 is 13.5 Å². The van der Waals surface area contributed by atoms with Crippen molar-refractivity contribution in [3.05, 3.63) is 0 Å². The molecule has 0 saturated carbocycles. The molecule has 0 aromatic rings. The van der Waals surface area contributed by atoms with Crippen LogP contribution >= 0.6 is 0 Å². The third-order valence-electron chi connectivity index (χ3n) is 0. The summed E-state index contributed by atoms with van der Waals surface area (Å²) < 4.78 is 0. The minimum Gasteiger partial charge on any atom is -0.813 e. The summed E-state index contributed by atoms with van der Waals surface area (Å²) in [5.41, 5.74) is 0. The summed E-state index contributed by atoms with van der Waals surface area (Å²) >= 11 is 0. The first-order valence-corrected chi connectivity index (χ1v) is 0. The van der Waals surface area contributed by atoms with Crippen molar-refractivity contribution in [3.63, 3.8) is 0 Å². The van der Waals surface area contributed by atoms with Gasteiger partial charge in [-0.3, -0.25) is 0 Å². The molecular weight excluding hydrogens is 1010 g/mol. The van der Waals surface area contributed by atoms with E-state index in [1.807, 2.05) is 0 Å². The second kappa shape index (κ2) is 23.9. The number of thiol groups is 1. The van der Waals surface area contributed by atoms with Crippen molar-refractivity contribution in [1.29, 1.82) is 0 Å². The van der Waals surface area contributed by atoms with E-state index in [1.165, 1.54) is 0 Å². The minimum absolute atomic E-state index is 0. The van der Waals surface area contributed by atoms with Crippen LogP contribution in [-0.2, 0) is 13.5 Å². The number of hydrogen-bond donors (Lipinski definition) is 0. The van der Waals surface area contributed by atoms with Crippen molar-refractivity contribution in [1.82, 2.24) is 0 Å². The fourth-order valence-electron chi connectivity index (χ4n) is 0. The zero-order valence-corrected chi connectivity index (χ0v) is 16.6. The van der Waals surface area contributed by atoms with E-state index < -0.39 is 0 Å². The van der Waals surface area contributed by atoms with Crippen molar-refractivity contribution in [2.45, 2.75) is 0 Å². The molecule has 0 N–H and O–H groups in total. The molecule has 0 radical (unpaired) electrons.